The van der Waals surface area contributed by atoms with Gasteiger partial charge in [0.2, 0.25) is 0 Å². The first-order valence-electron chi connectivity index (χ1n) is 5.53. The summed E-state index contributed by atoms with van der Waals surface area (Å²) in [5.74, 6) is 1.25. The van der Waals surface area contributed by atoms with E-state index in [9.17, 15) is 4.79 Å². The number of thioether (sulfide) groups is 1. The Hall–Kier alpha value is -1.53. The number of aromatic nitrogens is 2. The Morgan fingerprint density at radius 3 is 2.79 bits per heavy atom. The van der Waals surface area contributed by atoms with Crippen molar-refractivity contribution in [2.45, 2.75) is 12.2 Å². The van der Waals surface area contributed by atoms with E-state index in [0.717, 1.165) is 5.56 Å². The molecule has 0 radical (unpaired) electrons. The van der Waals surface area contributed by atoms with Crippen LogP contribution >= 0.6 is 23.4 Å². The van der Waals surface area contributed by atoms with Crippen LogP contribution in [-0.4, -0.2) is 27.0 Å². The Bertz CT molecular complexity index is 556. The molecule has 0 bridgehead atoms. The molecule has 0 aliphatic heterocycles. The Morgan fingerprint density at radius 2 is 2.11 bits per heavy atom. The summed E-state index contributed by atoms with van der Waals surface area (Å²) in [5.41, 5.74) is 0.804. The van der Waals surface area contributed by atoms with E-state index < -0.39 is 5.97 Å². The second-order valence-electron chi connectivity index (χ2n) is 3.72. The molecule has 1 aromatic heterocycles. The summed E-state index contributed by atoms with van der Waals surface area (Å²) < 4.78 is 5.13. The fraction of sp³-hybridized carbons (Fsp3) is 0.250. The van der Waals surface area contributed by atoms with Crippen LogP contribution in [0.15, 0.2) is 28.8 Å². The maximum absolute atomic E-state index is 10.4. The standard InChI is InChI=1S/C12H11ClN2O3S/c13-9-3-1-8(2-4-9)12-14-10(15-18-12)7-19-6-5-11(16)17/h1-4H,5-7H2,(H,16,17). The fourth-order valence-electron chi connectivity index (χ4n) is 1.35. The molecule has 0 unspecified atom stereocenters. The molecule has 2 aromatic rings. The molecule has 2 rings (SSSR count). The van der Waals surface area contributed by atoms with Gasteiger partial charge in [0.05, 0.1) is 12.2 Å². The summed E-state index contributed by atoms with van der Waals surface area (Å²) in [4.78, 5) is 14.6. The van der Waals surface area contributed by atoms with Gasteiger partial charge in [-0.15, -0.1) is 0 Å². The van der Waals surface area contributed by atoms with E-state index >= 15 is 0 Å². The molecule has 0 aliphatic rings. The first-order chi connectivity index (χ1) is 9.15. The molecule has 0 saturated carbocycles. The van der Waals surface area contributed by atoms with Crippen LogP contribution < -0.4 is 0 Å². The molecule has 0 spiro atoms. The zero-order valence-electron chi connectivity index (χ0n) is 9.88. The molecule has 1 N–H and O–H groups in total. The van der Waals surface area contributed by atoms with Gasteiger partial charge in [-0.1, -0.05) is 16.8 Å². The number of hydrogen-bond acceptors (Lipinski definition) is 5. The number of carbonyl (C=O) groups is 1. The van der Waals surface area contributed by atoms with Gasteiger partial charge in [-0.25, -0.2) is 0 Å². The zero-order valence-corrected chi connectivity index (χ0v) is 11.4. The van der Waals surface area contributed by atoms with Crippen LogP contribution in [-0.2, 0) is 10.5 Å². The molecule has 0 aliphatic carbocycles. The molecule has 0 amide bonds. The number of nitrogens with zero attached hydrogens (tertiary/aromatic N) is 2. The van der Waals surface area contributed by atoms with Crippen molar-refractivity contribution in [3.63, 3.8) is 0 Å². The Balaban J connectivity index is 1.91. The van der Waals surface area contributed by atoms with E-state index in [4.69, 9.17) is 21.2 Å². The molecular weight excluding hydrogens is 288 g/mol. The summed E-state index contributed by atoms with van der Waals surface area (Å²) in [5, 5.41) is 13.0. The lowest BCUT2D eigenvalue weighted by atomic mass is 10.2. The van der Waals surface area contributed by atoms with Crippen LogP contribution in [0.25, 0.3) is 11.5 Å². The van der Waals surface area contributed by atoms with Gasteiger partial charge in [-0.3, -0.25) is 4.79 Å². The third-order valence-electron chi connectivity index (χ3n) is 2.25. The van der Waals surface area contributed by atoms with Crippen LogP contribution in [0.1, 0.15) is 12.2 Å². The van der Waals surface area contributed by atoms with Crippen molar-refractivity contribution in [1.82, 2.24) is 10.1 Å². The Labute approximate surface area is 119 Å². The molecule has 100 valence electrons. The quantitative estimate of drug-likeness (QED) is 0.826. The first kappa shape index (κ1) is 13.9. The average molecular weight is 299 g/mol. The first-order valence-corrected chi connectivity index (χ1v) is 7.06. The number of hydrogen-bond donors (Lipinski definition) is 1. The van der Waals surface area contributed by atoms with Crippen LogP contribution in [0.5, 0.6) is 0 Å². The monoisotopic (exact) mass is 298 g/mol. The van der Waals surface area contributed by atoms with Gasteiger partial charge in [-0.2, -0.15) is 16.7 Å². The topological polar surface area (TPSA) is 76.2 Å². The smallest absolute Gasteiger partial charge is 0.304 e. The van der Waals surface area contributed by atoms with Crippen molar-refractivity contribution in [3.8, 4) is 11.5 Å². The highest BCUT2D eigenvalue weighted by atomic mass is 35.5. The molecular formula is C12H11ClN2O3S. The molecule has 0 atom stereocenters. The highest BCUT2D eigenvalue weighted by Crippen LogP contribution is 2.20. The largest absolute Gasteiger partial charge is 0.481 e. The SMILES string of the molecule is O=C(O)CCSCc1noc(-c2ccc(Cl)cc2)n1. The minimum Gasteiger partial charge on any atom is -0.481 e. The van der Waals surface area contributed by atoms with Crippen molar-refractivity contribution in [2.75, 3.05) is 5.75 Å². The normalized spacial score (nSPS) is 10.6. The van der Waals surface area contributed by atoms with E-state index in [1.54, 1.807) is 24.3 Å². The maximum atomic E-state index is 10.4. The molecule has 7 heteroatoms. The predicted molar refractivity (Wildman–Crippen MR) is 73.2 cm³/mol. The number of aliphatic carboxylic acids is 1. The van der Waals surface area contributed by atoms with Gasteiger partial charge in [0, 0.05) is 16.3 Å². The minimum atomic E-state index is -0.803. The zero-order chi connectivity index (χ0) is 13.7. The summed E-state index contributed by atoms with van der Waals surface area (Å²) in [6.07, 6.45) is 0.132. The van der Waals surface area contributed by atoms with Crippen molar-refractivity contribution < 1.29 is 14.4 Å². The number of carboxylic acid groups (broad SMARTS) is 1. The van der Waals surface area contributed by atoms with Gasteiger partial charge in [0.1, 0.15) is 0 Å². The molecule has 19 heavy (non-hydrogen) atoms. The summed E-state index contributed by atoms with van der Waals surface area (Å²) in [7, 11) is 0. The van der Waals surface area contributed by atoms with E-state index in [1.165, 1.54) is 11.8 Å². The highest BCUT2D eigenvalue weighted by molar-refractivity contribution is 7.98. The number of benzene rings is 1. The van der Waals surface area contributed by atoms with Gasteiger partial charge < -0.3 is 9.63 Å². The maximum Gasteiger partial charge on any atom is 0.304 e. The van der Waals surface area contributed by atoms with Gasteiger partial charge in [0.15, 0.2) is 5.82 Å². The molecule has 5 nitrogen and oxygen atoms in total. The van der Waals surface area contributed by atoms with Gasteiger partial charge in [0.25, 0.3) is 5.89 Å². The van der Waals surface area contributed by atoms with Crippen molar-refractivity contribution >= 4 is 29.3 Å². The van der Waals surface area contributed by atoms with Gasteiger partial charge in [-0.05, 0) is 24.3 Å². The Kier molecular flexibility index (Phi) is 4.81. The van der Waals surface area contributed by atoms with Crippen LogP contribution in [0.2, 0.25) is 5.02 Å². The van der Waals surface area contributed by atoms with Crippen LogP contribution in [0.4, 0.5) is 0 Å². The summed E-state index contributed by atoms with van der Waals surface area (Å²) >= 11 is 7.26. The lowest BCUT2D eigenvalue weighted by Gasteiger charge is -1.94. The highest BCUT2D eigenvalue weighted by Gasteiger charge is 2.08. The summed E-state index contributed by atoms with van der Waals surface area (Å²) in [6, 6.07) is 7.11. The van der Waals surface area contributed by atoms with E-state index in [2.05, 4.69) is 10.1 Å². The van der Waals surface area contributed by atoms with Crippen molar-refractivity contribution in [1.29, 1.82) is 0 Å². The van der Waals surface area contributed by atoms with Crippen LogP contribution in [0.3, 0.4) is 0 Å². The van der Waals surface area contributed by atoms with E-state index in [0.29, 0.717) is 28.2 Å². The Morgan fingerprint density at radius 1 is 1.37 bits per heavy atom. The third kappa shape index (κ3) is 4.25. The summed E-state index contributed by atoms with van der Waals surface area (Å²) in [6.45, 7) is 0. The second kappa shape index (κ2) is 6.58. The molecule has 1 aromatic carbocycles. The van der Waals surface area contributed by atoms with Crippen molar-refractivity contribution in [3.05, 3.63) is 35.1 Å². The lowest BCUT2D eigenvalue weighted by molar-refractivity contribution is -0.136. The van der Waals surface area contributed by atoms with E-state index in [-0.39, 0.29) is 6.42 Å². The number of carboxylic acids is 1. The van der Waals surface area contributed by atoms with Crippen LogP contribution in [0, 0.1) is 0 Å². The predicted octanol–water partition coefficient (Wildman–Crippen LogP) is 3.10. The average Bonchev–Trinajstić information content (AvgIpc) is 2.84. The lowest BCUT2D eigenvalue weighted by Crippen LogP contribution is -1.96. The minimum absolute atomic E-state index is 0.132. The molecule has 1 heterocycles. The third-order valence-corrected chi connectivity index (χ3v) is 3.46. The second-order valence-corrected chi connectivity index (χ2v) is 5.26. The molecule has 0 saturated heterocycles. The number of halogens is 1. The fourth-order valence-corrected chi connectivity index (χ4v) is 2.23. The van der Waals surface area contributed by atoms with Crippen molar-refractivity contribution in [2.24, 2.45) is 0 Å². The van der Waals surface area contributed by atoms with Gasteiger partial charge >= 0.3 is 5.97 Å². The number of rotatable bonds is 6. The molecule has 0 fully saturated rings. The van der Waals surface area contributed by atoms with E-state index in [1.807, 2.05) is 0 Å².